The van der Waals surface area contributed by atoms with Crippen molar-refractivity contribution in [2.24, 2.45) is 5.41 Å². The molecule has 0 bridgehead atoms. The van der Waals surface area contributed by atoms with Gasteiger partial charge < -0.3 is 14.9 Å². The summed E-state index contributed by atoms with van der Waals surface area (Å²) in [7, 11) is 1.58. The van der Waals surface area contributed by atoms with Crippen molar-refractivity contribution in [3.8, 4) is 0 Å². The fourth-order valence-corrected chi connectivity index (χ4v) is 2.40. The van der Waals surface area contributed by atoms with Crippen molar-refractivity contribution in [2.75, 3.05) is 7.11 Å². The molecular weight excluding hydrogens is 168 g/mol. The Bertz CT molecular complexity index is 191. The predicted octanol–water partition coefficient (Wildman–Crippen LogP) is 0.933. The van der Waals surface area contributed by atoms with Crippen LogP contribution < -0.4 is 0 Å². The van der Waals surface area contributed by atoms with Crippen LogP contribution in [0.5, 0.6) is 0 Å². The molecule has 0 amide bonds. The van der Waals surface area contributed by atoms with Gasteiger partial charge in [-0.2, -0.15) is 0 Å². The van der Waals surface area contributed by atoms with Gasteiger partial charge in [0.15, 0.2) is 0 Å². The Morgan fingerprint density at radius 3 is 2.23 bits per heavy atom. The van der Waals surface area contributed by atoms with Crippen molar-refractivity contribution in [3.63, 3.8) is 0 Å². The zero-order valence-corrected chi connectivity index (χ0v) is 8.87. The number of hydrogen-bond donors (Lipinski definition) is 2. The van der Waals surface area contributed by atoms with Gasteiger partial charge in [-0.25, -0.2) is 0 Å². The minimum Gasteiger partial charge on any atom is -0.390 e. The third-order valence-electron chi connectivity index (χ3n) is 3.05. The molecule has 3 nitrogen and oxygen atoms in total. The lowest BCUT2D eigenvalue weighted by Gasteiger charge is -2.47. The molecule has 3 unspecified atom stereocenters. The largest absolute Gasteiger partial charge is 0.390 e. The Kier molecular flexibility index (Phi) is 2.72. The fraction of sp³-hybridized carbons (Fsp3) is 1.00. The maximum Gasteiger partial charge on any atom is 0.108 e. The van der Waals surface area contributed by atoms with E-state index in [1.165, 1.54) is 0 Å². The highest BCUT2D eigenvalue weighted by atomic mass is 16.5. The lowest BCUT2D eigenvalue weighted by atomic mass is 9.67. The zero-order chi connectivity index (χ0) is 10.3. The van der Waals surface area contributed by atoms with Gasteiger partial charge in [0.2, 0.25) is 0 Å². The average Bonchev–Trinajstić information content (AvgIpc) is 1.99. The van der Waals surface area contributed by atoms with Crippen LogP contribution in [0.1, 0.15) is 33.6 Å². The monoisotopic (exact) mass is 188 g/mol. The molecule has 3 heteroatoms. The summed E-state index contributed by atoms with van der Waals surface area (Å²) in [6, 6.07) is 0. The van der Waals surface area contributed by atoms with Crippen molar-refractivity contribution < 1.29 is 14.9 Å². The van der Waals surface area contributed by atoms with Gasteiger partial charge in [0, 0.05) is 7.11 Å². The van der Waals surface area contributed by atoms with Crippen LogP contribution >= 0.6 is 0 Å². The normalized spacial score (nSPS) is 44.8. The second-order valence-electron chi connectivity index (χ2n) is 5.07. The highest BCUT2D eigenvalue weighted by molar-refractivity contribution is 4.99. The number of hydrogen-bond acceptors (Lipinski definition) is 3. The first-order valence-electron chi connectivity index (χ1n) is 4.72. The lowest BCUT2D eigenvalue weighted by molar-refractivity contribution is -0.183. The second-order valence-corrected chi connectivity index (χ2v) is 5.07. The highest BCUT2D eigenvalue weighted by Gasteiger charge is 2.47. The summed E-state index contributed by atoms with van der Waals surface area (Å²) in [5, 5.41) is 19.4. The minimum atomic E-state index is -0.773. The number of rotatable bonds is 1. The van der Waals surface area contributed by atoms with Crippen LogP contribution in [-0.4, -0.2) is 35.1 Å². The molecule has 0 aromatic heterocycles. The van der Waals surface area contributed by atoms with E-state index in [-0.39, 0.29) is 5.41 Å². The maximum atomic E-state index is 9.75. The molecule has 3 atom stereocenters. The van der Waals surface area contributed by atoms with Crippen LogP contribution in [0.15, 0.2) is 0 Å². The fourth-order valence-electron chi connectivity index (χ4n) is 2.40. The standard InChI is InChI=1S/C10H20O3/c1-9(2)5-7(11)8(12)10(3,6-9)13-4/h7-8,11-12H,5-6H2,1-4H3. The summed E-state index contributed by atoms with van der Waals surface area (Å²) >= 11 is 0. The Morgan fingerprint density at radius 2 is 1.77 bits per heavy atom. The van der Waals surface area contributed by atoms with Gasteiger partial charge in [-0.05, 0) is 25.2 Å². The van der Waals surface area contributed by atoms with Crippen molar-refractivity contribution in [2.45, 2.75) is 51.4 Å². The summed E-state index contributed by atoms with van der Waals surface area (Å²) in [5.74, 6) is 0. The van der Waals surface area contributed by atoms with Crippen LogP contribution in [0.4, 0.5) is 0 Å². The van der Waals surface area contributed by atoms with E-state index in [9.17, 15) is 10.2 Å². The molecule has 2 N–H and O–H groups in total. The van der Waals surface area contributed by atoms with Crippen LogP contribution in [0.3, 0.4) is 0 Å². The quantitative estimate of drug-likeness (QED) is 0.643. The van der Waals surface area contributed by atoms with E-state index in [2.05, 4.69) is 13.8 Å². The number of aliphatic hydroxyl groups excluding tert-OH is 2. The third-order valence-corrected chi connectivity index (χ3v) is 3.05. The number of aliphatic hydroxyl groups is 2. The first-order valence-corrected chi connectivity index (χ1v) is 4.72. The van der Waals surface area contributed by atoms with Crippen molar-refractivity contribution in [1.82, 2.24) is 0 Å². The maximum absolute atomic E-state index is 9.75. The van der Waals surface area contributed by atoms with Crippen LogP contribution in [0.25, 0.3) is 0 Å². The average molecular weight is 188 g/mol. The van der Waals surface area contributed by atoms with Crippen molar-refractivity contribution >= 4 is 0 Å². The molecule has 1 aliphatic rings. The van der Waals surface area contributed by atoms with E-state index in [1.807, 2.05) is 6.92 Å². The first-order chi connectivity index (χ1) is 5.81. The molecule has 1 saturated carbocycles. The Balaban J connectivity index is 2.84. The van der Waals surface area contributed by atoms with Crippen LogP contribution in [0.2, 0.25) is 0 Å². The topological polar surface area (TPSA) is 49.7 Å². The smallest absolute Gasteiger partial charge is 0.108 e. The third kappa shape index (κ3) is 2.03. The van der Waals surface area contributed by atoms with E-state index < -0.39 is 17.8 Å². The molecule has 1 fully saturated rings. The predicted molar refractivity (Wildman–Crippen MR) is 50.4 cm³/mol. The molecule has 1 aliphatic carbocycles. The van der Waals surface area contributed by atoms with E-state index in [4.69, 9.17) is 4.74 Å². The van der Waals surface area contributed by atoms with Gasteiger partial charge in [-0.15, -0.1) is 0 Å². The molecular formula is C10H20O3. The second kappa shape index (κ2) is 3.23. The van der Waals surface area contributed by atoms with Crippen molar-refractivity contribution in [3.05, 3.63) is 0 Å². The summed E-state index contributed by atoms with van der Waals surface area (Å²) in [4.78, 5) is 0. The van der Waals surface area contributed by atoms with Gasteiger partial charge >= 0.3 is 0 Å². The van der Waals surface area contributed by atoms with E-state index >= 15 is 0 Å². The summed E-state index contributed by atoms with van der Waals surface area (Å²) in [6.07, 6.45) is -0.0406. The van der Waals surface area contributed by atoms with Crippen molar-refractivity contribution in [1.29, 1.82) is 0 Å². The molecule has 0 aliphatic heterocycles. The molecule has 0 aromatic carbocycles. The van der Waals surface area contributed by atoms with Crippen LogP contribution in [0, 0.1) is 5.41 Å². The van der Waals surface area contributed by atoms with Gasteiger partial charge in [-0.1, -0.05) is 13.8 Å². The number of ether oxygens (including phenoxy) is 1. The summed E-state index contributed by atoms with van der Waals surface area (Å²) in [5.41, 5.74) is -0.579. The summed E-state index contributed by atoms with van der Waals surface area (Å²) < 4.78 is 5.29. The molecule has 1 rings (SSSR count). The van der Waals surface area contributed by atoms with Gasteiger partial charge in [0.25, 0.3) is 0 Å². The summed E-state index contributed by atoms with van der Waals surface area (Å²) in [6.45, 7) is 6.01. The SMILES string of the molecule is COC1(C)CC(C)(C)CC(O)C1O. The lowest BCUT2D eigenvalue weighted by Crippen LogP contribution is -2.56. The Morgan fingerprint density at radius 1 is 1.23 bits per heavy atom. The minimum absolute atomic E-state index is 0.0312. The van der Waals surface area contributed by atoms with E-state index in [0.717, 1.165) is 6.42 Å². The Hall–Kier alpha value is -0.120. The highest BCUT2D eigenvalue weighted by Crippen LogP contribution is 2.42. The molecule has 78 valence electrons. The molecule has 0 saturated heterocycles. The number of methoxy groups -OCH3 is 1. The van der Waals surface area contributed by atoms with E-state index in [0.29, 0.717) is 6.42 Å². The first kappa shape index (κ1) is 11.0. The molecule has 13 heavy (non-hydrogen) atoms. The molecule has 0 radical (unpaired) electrons. The van der Waals surface area contributed by atoms with Gasteiger partial charge in [0.1, 0.15) is 6.10 Å². The Labute approximate surface area is 79.7 Å². The molecule has 0 spiro atoms. The van der Waals surface area contributed by atoms with Gasteiger partial charge in [-0.3, -0.25) is 0 Å². The van der Waals surface area contributed by atoms with Crippen LogP contribution in [-0.2, 0) is 4.74 Å². The zero-order valence-electron chi connectivity index (χ0n) is 8.87. The molecule has 0 aromatic rings. The molecule has 0 heterocycles. The van der Waals surface area contributed by atoms with E-state index in [1.54, 1.807) is 7.11 Å². The van der Waals surface area contributed by atoms with Gasteiger partial charge in [0.05, 0.1) is 11.7 Å².